The summed E-state index contributed by atoms with van der Waals surface area (Å²) < 4.78 is 4.92. The van der Waals surface area contributed by atoms with Gasteiger partial charge in [0, 0.05) is 12.6 Å². The van der Waals surface area contributed by atoms with Crippen LogP contribution in [0.15, 0.2) is 60.7 Å². The number of ether oxygens (including phenoxy) is 1. The van der Waals surface area contributed by atoms with Crippen LogP contribution >= 0.6 is 0 Å². The van der Waals surface area contributed by atoms with Gasteiger partial charge in [0.05, 0.1) is 18.2 Å². The average molecular weight is 335 g/mol. The van der Waals surface area contributed by atoms with E-state index in [-0.39, 0.29) is 17.8 Å². The van der Waals surface area contributed by atoms with E-state index in [9.17, 15) is 9.59 Å². The number of carbonyl (C=O) groups is 2. The first-order valence-electron chi connectivity index (χ1n) is 8.51. The summed E-state index contributed by atoms with van der Waals surface area (Å²) >= 11 is 0. The summed E-state index contributed by atoms with van der Waals surface area (Å²) in [4.78, 5) is 26.3. The van der Waals surface area contributed by atoms with Crippen LogP contribution in [-0.2, 0) is 14.3 Å². The number of rotatable bonds is 5. The van der Waals surface area contributed by atoms with E-state index in [4.69, 9.17) is 4.74 Å². The third-order valence-electron chi connectivity index (χ3n) is 4.32. The van der Waals surface area contributed by atoms with Gasteiger partial charge in [-0.3, -0.25) is 4.79 Å². The zero-order chi connectivity index (χ0) is 17.6. The predicted octanol–water partition coefficient (Wildman–Crippen LogP) is 3.78. The van der Waals surface area contributed by atoms with Gasteiger partial charge in [-0.15, -0.1) is 0 Å². The summed E-state index contributed by atoms with van der Waals surface area (Å²) in [5.41, 5.74) is 2.71. The Labute approximate surface area is 147 Å². The number of nitrogens with zero attached hydrogens (tertiary/aromatic N) is 1. The van der Waals surface area contributed by atoms with E-state index in [1.807, 2.05) is 59.5 Å². The number of carbonyl (C=O) groups excluding carboxylic acids is 2. The van der Waals surface area contributed by atoms with Crippen LogP contribution in [0.3, 0.4) is 0 Å². The highest BCUT2D eigenvalue weighted by Crippen LogP contribution is 2.34. The standard InChI is InChI=1S/C21H21NO3/c1-2-25-20(23)13-12-17-10-6-7-11-19(17)22-15-14-18(21(22)24)16-8-4-3-5-9-16/h3-13,18H,2,14-15H2,1H3/b13-12+. The van der Waals surface area contributed by atoms with Gasteiger partial charge in [0.25, 0.3) is 0 Å². The molecule has 0 bridgehead atoms. The smallest absolute Gasteiger partial charge is 0.330 e. The first-order chi connectivity index (χ1) is 12.2. The second-order valence-corrected chi connectivity index (χ2v) is 5.89. The van der Waals surface area contributed by atoms with E-state index >= 15 is 0 Å². The number of benzene rings is 2. The topological polar surface area (TPSA) is 46.6 Å². The van der Waals surface area contributed by atoms with E-state index in [1.54, 1.807) is 13.0 Å². The summed E-state index contributed by atoms with van der Waals surface area (Å²) in [6.45, 7) is 2.78. The van der Waals surface area contributed by atoms with Gasteiger partial charge in [-0.25, -0.2) is 4.79 Å². The van der Waals surface area contributed by atoms with E-state index in [0.29, 0.717) is 13.2 Å². The molecular formula is C21H21NO3. The van der Waals surface area contributed by atoms with Gasteiger partial charge in [0.15, 0.2) is 0 Å². The minimum atomic E-state index is -0.382. The van der Waals surface area contributed by atoms with Crippen molar-refractivity contribution in [1.82, 2.24) is 0 Å². The molecule has 1 atom stereocenters. The van der Waals surface area contributed by atoms with Gasteiger partial charge < -0.3 is 9.64 Å². The SMILES string of the molecule is CCOC(=O)/C=C/c1ccccc1N1CCC(c2ccccc2)C1=O. The van der Waals surface area contributed by atoms with Gasteiger partial charge in [-0.05, 0) is 36.6 Å². The van der Waals surface area contributed by atoms with Crippen molar-refractivity contribution in [3.63, 3.8) is 0 Å². The highest BCUT2D eigenvalue weighted by Gasteiger charge is 2.34. The maximum Gasteiger partial charge on any atom is 0.330 e. The Morgan fingerprint density at radius 1 is 1.16 bits per heavy atom. The van der Waals surface area contributed by atoms with Gasteiger partial charge in [-0.2, -0.15) is 0 Å². The largest absolute Gasteiger partial charge is 0.463 e. The van der Waals surface area contributed by atoms with Crippen LogP contribution < -0.4 is 4.90 Å². The van der Waals surface area contributed by atoms with E-state index < -0.39 is 0 Å². The van der Waals surface area contributed by atoms with Gasteiger partial charge >= 0.3 is 5.97 Å². The molecule has 2 aromatic carbocycles. The Morgan fingerprint density at radius 3 is 2.64 bits per heavy atom. The minimum Gasteiger partial charge on any atom is -0.463 e. The van der Waals surface area contributed by atoms with E-state index in [2.05, 4.69) is 0 Å². The van der Waals surface area contributed by atoms with Crippen molar-refractivity contribution in [3.8, 4) is 0 Å². The molecule has 128 valence electrons. The second kappa shape index (κ2) is 7.79. The van der Waals surface area contributed by atoms with Crippen molar-refractivity contribution in [2.45, 2.75) is 19.3 Å². The summed E-state index contributed by atoms with van der Waals surface area (Å²) in [5.74, 6) is -0.390. The third kappa shape index (κ3) is 3.79. The van der Waals surface area contributed by atoms with Crippen molar-refractivity contribution in [2.75, 3.05) is 18.1 Å². The Kier molecular flexibility index (Phi) is 5.29. The average Bonchev–Trinajstić information content (AvgIpc) is 3.02. The van der Waals surface area contributed by atoms with Crippen LogP contribution in [-0.4, -0.2) is 25.0 Å². The molecule has 0 aromatic heterocycles. The minimum absolute atomic E-state index is 0.100. The summed E-state index contributed by atoms with van der Waals surface area (Å²) in [6, 6.07) is 17.5. The lowest BCUT2D eigenvalue weighted by Crippen LogP contribution is -2.27. The predicted molar refractivity (Wildman–Crippen MR) is 98.3 cm³/mol. The molecular weight excluding hydrogens is 314 g/mol. The lowest BCUT2D eigenvalue weighted by Gasteiger charge is -2.19. The van der Waals surface area contributed by atoms with Gasteiger partial charge in [0.2, 0.25) is 5.91 Å². The van der Waals surface area contributed by atoms with Crippen LogP contribution in [0.5, 0.6) is 0 Å². The molecule has 4 heteroatoms. The van der Waals surface area contributed by atoms with Crippen molar-refractivity contribution in [2.24, 2.45) is 0 Å². The Morgan fingerprint density at radius 2 is 1.88 bits per heavy atom. The first kappa shape index (κ1) is 17.0. The maximum atomic E-state index is 12.9. The Bertz CT molecular complexity index is 783. The molecule has 1 aliphatic heterocycles. The van der Waals surface area contributed by atoms with E-state index in [1.165, 1.54) is 6.08 Å². The van der Waals surface area contributed by atoms with Crippen molar-refractivity contribution in [3.05, 3.63) is 71.8 Å². The highest BCUT2D eigenvalue weighted by atomic mass is 16.5. The molecule has 0 aliphatic carbocycles. The zero-order valence-electron chi connectivity index (χ0n) is 14.2. The molecule has 0 saturated carbocycles. The summed E-state index contributed by atoms with van der Waals surface area (Å²) in [5, 5.41) is 0. The number of amides is 1. The molecule has 1 saturated heterocycles. The van der Waals surface area contributed by atoms with E-state index in [0.717, 1.165) is 23.2 Å². The van der Waals surface area contributed by atoms with Crippen LogP contribution in [0.2, 0.25) is 0 Å². The molecule has 0 radical (unpaired) electrons. The molecule has 1 amide bonds. The second-order valence-electron chi connectivity index (χ2n) is 5.89. The molecule has 0 N–H and O–H groups in total. The number of hydrogen-bond donors (Lipinski definition) is 0. The molecule has 3 rings (SSSR count). The van der Waals surface area contributed by atoms with Crippen LogP contribution in [0.1, 0.15) is 30.4 Å². The van der Waals surface area contributed by atoms with Crippen LogP contribution in [0.4, 0.5) is 5.69 Å². The van der Waals surface area contributed by atoms with Crippen molar-refractivity contribution in [1.29, 1.82) is 0 Å². The first-order valence-corrected chi connectivity index (χ1v) is 8.51. The molecule has 1 unspecified atom stereocenters. The highest BCUT2D eigenvalue weighted by molar-refractivity contribution is 6.02. The molecule has 1 aliphatic rings. The number of para-hydroxylation sites is 1. The number of hydrogen-bond acceptors (Lipinski definition) is 3. The molecule has 25 heavy (non-hydrogen) atoms. The Hall–Kier alpha value is -2.88. The normalized spacial score (nSPS) is 17.2. The lowest BCUT2D eigenvalue weighted by molar-refractivity contribution is -0.137. The molecule has 1 fully saturated rings. The fraction of sp³-hybridized carbons (Fsp3) is 0.238. The molecule has 4 nitrogen and oxygen atoms in total. The van der Waals surface area contributed by atoms with Gasteiger partial charge in [0.1, 0.15) is 0 Å². The molecule has 2 aromatic rings. The van der Waals surface area contributed by atoms with Crippen molar-refractivity contribution < 1.29 is 14.3 Å². The summed E-state index contributed by atoms with van der Waals surface area (Å²) in [7, 11) is 0. The number of esters is 1. The monoisotopic (exact) mass is 335 g/mol. The van der Waals surface area contributed by atoms with Gasteiger partial charge in [-0.1, -0.05) is 48.5 Å². The fourth-order valence-corrected chi connectivity index (χ4v) is 3.14. The van der Waals surface area contributed by atoms with Crippen LogP contribution in [0.25, 0.3) is 6.08 Å². The lowest BCUT2D eigenvalue weighted by atomic mass is 9.98. The Balaban J connectivity index is 1.83. The van der Waals surface area contributed by atoms with Crippen LogP contribution in [0, 0.1) is 0 Å². The molecule has 1 heterocycles. The fourth-order valence-electron chi connectivity index (χ4n) is 3.14. The van der Waals surface area contributed by atoms with Crippen molar-refractivity contribution >= 4 is 23.6 Å². The number of anilines is 1. The molecule has 0 spiro atoms. The summed E-state index contributed by atoms with van der Waals surface area (Å²) in [6.07, 6.45) is 3.90. The third-order valence-corrected chi connectivity index (χ3v) is 4.32. The maximum absolute atomic E-state index is 12.9. The zero-order valence-corrected chi connectivity index (χ0v) is 14.2. The quantitative estimate of drug-likeness (QED) is 0.617.